The van der Waals surface area contributed by atoms with E-state index >= 15 is 0 Å². The molecule has 0 aromatic carbocycles. The Morgan fingerprint density at radius 2 is 1.30 bits per heavy atom. The number of hydrogen-bond acceptors (Lipinski definition) is 8. The summed E-state index contributed by atoms with van der Waals surface area (Å²) in [6, 6.07) is 0.196. The SMILES string of the molecule is C=S(=O)(O)CCOC(C)C.CC(C)NC(C)(C)CS(=O)(=O)O.CC(C)OCCNS(C)(=O)=O. The van der Waals surface area contributed by atoms with Gasteiger partial charge in [0.15, 0.2) is 0 Å². The van der Waals surface area contributed by atoms with Crippen molar-refractivity contribution in [3.63, 3.8) is 0 Å². The molecule has 0 spiro atoms. The first-order chi connectivity index (χ1) is 14.5. The number of sulfonamides is 1. The Balaban J connectivity index is -0.000000411. The third kappa shape index (κ3) is 42.3. The molecule has 11 nitrogen and oxygen atoms in total. The highest BCUT2D eigenvalue weighted by atomic mass is 32.2. The van der Waals surface area contributed by atoms with Crippen molar-refractivity contribution in [3.05, 3.63) is 0 Å². The number of ether oxygens (including phenoxy) is 2. The van der Waals surface area contributed by atoms with Gasteiger partial charge in [-0.2, -0.15) is 8.42 Å². The second-order valence-electron chi connectivity index (χ2n) is 8.89. The zero-order valence-corrected chi connectivity index (χ0v) is 23.9. The maximum Gasteiger partial charge on any atom is 0.266 e. The molecule has 0 aliphatic heterocycles. The molecular weight excluding hydrogens is 496 g/mol. The molecule has 0 amide bonds. The van der Waals surface area contributed by atoms with Crippen LogP contribution in [-0.4, -0.2) is 97.3 Å². The van der Waals surface area contributed by atoms with E-state index in [0.29, 0.717) is 19.8 Å². The minimum atomic E-state index is -3.89. The molecule has 33 heavy (non-hydrogen) atoms. The lowest BCUT2D eigenvalue weighted by molar-refractivity contribution is 0.0834. The van der Waals surface area contributed by atoms with E-state index in [1.54, 1.807) is 13.8 Å². The second-order valence-corrected chi connectivity index (χ2v) is 14.1. The lowest BCUT2D eigenvalue weighted by Crippen LogP contribution is -2.48. The maximum absolute atomic E-state index is 10.5. The van der Waals surface area contributed by atoms with Gasteiger partial charge in [0, 0.05) is 18.1 Å². The smallest absolute Gasteiger partial charge is 0.266 e. The standard InChI is InChI=1S/C7H17NO3S.C6H15NO3S.C6H14O3S/c1-6(2)8-7(3,4)5-12(9,10)11;1-6(2)10-5-4-7-11(3,8)9;1-6(2)9-4-5-10(3,7)8/h6,8H,5H2,1-4H3,(H,9,10,11);6-7H,4-5H2,1-3H3;6H,3-5H2,1-2H3,(H,7,8). The zero-order valence-electron chi connectivity index (χ0n) is 21.5. The molecule has 0 saturated heterocycles. The Hall–Kier alpha value is -0.320. The lowest BCUT2D eigenvalue weighted by Gasteiger charge is -2.27. The third-order valence-electron chi connectivity index (χ3n) is 2.99. The molecule has 0 fully saturated rings. The summed E-state index contributed by atoms with van der Waals surface area (Å²) in [7, 11) is -9.79. The van der Waals surface area contributed by atoms with Crippen molar-refractivity contribution in [1.82, 2.24) is 10.0 Å². The molecule has 0 heterocycles. The average Bonchev–Trinajstić information content (AvgIpc) is 2.46. The molecule has 0 bridgehead atoms. The summed E-state index contributed by atoms with van der Waals surface area (Å²) >= 11 is 0. The van der Waals surface area contributed by atoms with Gasteiger partial charge in [-0.25, -0.2) is 17.3 Å². The summed E-state index contributed by atoms with van der Waals surface area (Å²) in [6.07, 6.45) is 1.39. The fourth-order valence-corrected chi connectivity index (χ4v) is 4.02. The van der Waals surface area contributed by atoms with Crippen molar-refractivity contribution in [2.75, 3.05) is 37.5 Å². The number of rotatable bonds is 13. The molecule has 1 unspecified atom stereocenters. The van der Waals surface area contributed by atoms with E-state index in [0.717, 1.165) is 6.26 Å². The summed E-state index contributed by atoms with van der Waals surface area (Å²) in [5.74, 6) is 2.92. The average molecular weight is 543 g/mol. The molecule has 0 aliphatic carbocycles. The topological polar surface area (TPSA) is 168 Å². The molecular formula is C19H46N2O9S3. The second kappa shape index (κ2) is 17.2. The van der Waals surface area contributed by atoms with E-state index in [-0.39, 0.29) is 29.8 Å². The largest absolute Gasteiger partial charge is 0.378 e. The van der Waals surface area contributed by atoms with Crippen molar-refractivity contribution in [2.24, 2.45) is 0 Å². The highest BCUT2D eigenvalue weighted by Crippen LogP contribution is 2.06. The molecule has 4 N–H and O–H groups in total. The van der Waals surface area contributed by atoms with Gasteiger partial charge in [-0.3, -0.25) is 4.55 Å². The predicted octanol–water partition coefficient (Wildman–Crippen LogP) is 1.21. The molecule has 0 aromatic rings. The molecule has 0 saturated carbocycles. The highest BCUT2D eigenvalue weighted by Gasteiger charge is 2.24. The predicted molar refractivity (Wildman–Crippen MR) is 137 cm³/mol. The minimum absolute atomic E-state index is 0.113. The Morgan fingerprint density at radius 1 is 0.879 bits per heavy atom. The van der Waals surface area contributed by atoms with Crippen molar-refractivity contribution < 1.29 is 39.6 Å². The van der Waals surface area contributed by atoms with Crippen LogP contribution in [0, 0.1) is 0 Å². The van der Waals surface area contributed by atoms with Gasteiger partial charge < -0.3 is 19.3 Å². The van der Waals surface area contributed by atoms with Crippen LogP contribution >= 0.6 is 0 Å². The molecule has 1 atom stereocenters. The number of hydrogen-bond donors (Lipinski definition) is 4. The summed E-state index contributed by atoms with van der Waals surface area (Å²) in [5.41, 5.74) is -0.582. The Bertz CT molecular complexity index is 805. The van der Waals surface area contributed by atoms with Crippen LogP contribution in [0.2, 0.25) is 0 Å². The van der Waals surface area contributed by atoms with E-state index in [1.807, 2.05) is 41.5 Å². The molecule has 0 rings (SSSR count). The third-order valence-corrected chi connectivity index (χ3v) is 5.61. The van der Waals surface area contributed by atoms with Crippen molar-refractivity contribution in [2.45, 2.75) is 79.2 Å². The van der Waals surface area contributed by atoms with Gasteiger partial charge in [0.05, 0.1) is 53.0 Å². The van der Waals surface area contributed by atoms with Crippen LogP contribution in [0.15, 0.2) is 0 Å². The normalized spacial score (nSPS) is 14.4. The van der Waals surface area contributed by atoms with E-state index in [9.17, 15) is 21.0 Å². The fraction of sp³-hybridized carbons (Fsp3) is 0.947. The highest BCUT2D eigenvalue weighted by molar-refractivity contribution is 7.95. The first kappa shape index (κ1) is 37.2. The molecule has 0 aliphatic rings. The Morgan fingerprint density at radius 3 is 1.61 bits per heavy atom. The van der Waals surface area contributed by atoms with Gasteiger partial charge in [0.25, 0.3) is 10.1 Å². The van der Waals surface area contributed by atoms with Crippen LogP contribution in [0.4, 0.5) is 0 Å². The van der Waals surface area contributed by atoms with Gasteiger partial charge in [0.2, 0.25) is 10.0 Å². The van der Waals surface area contributed by atoms with E-state index in [4.69, 9.17) is 18.6 Å². The molecule has 0 radical (unpaired) electrons. The lowest BCUT2D eigenvalue weighted by atomic mass is 10.1. The molecule has 204 valence electrons. The first-order valence-electron chi connectivity index (χ1n) is 10.4. The summed E-state index contributed by atoms with van der Waals surface area (Å²) in [4.78, 5) is 0. The van der Waals surface area contributed by atoms with Crippen LogP contribution < -0.4 is 10.0 Å². The van der Waals surface area contributed by atoms with Crippen molar-refractivity contribution in [1.29, 1.82) is 0 Å². The van der Waals surface area contributed by atoms with Crippen molar-refractivity contribution >= 4 is 35.8 Å². The monoisotopic (exact) mass is 542 g/mol. The van der Waals surface area contributed by atoms with Crippen LogP contribution in [-0.2, 0) is 39.4 Å². The zero-order chi connectivity index (χ0) is 27.1. The van der Waals surface area contributed by atoms with Gasteiger partial charge in [-0.15, -0.1) is 0 Å². The van der Waals surface area contributed by atoms with Gasteiger partial charge in [-0.1, -0.05) is 13.8 Å². The minimum Gasteiger partial charge on any atom is -0.378 e. The number of nitrogens with one attached hydrogen (secondary N) is 2. The summed E-state index contributed by atoms with van der Waals surface area (Å²) in [5, 5.41) is 3.04. The fourth-order valence-electron chi connectivity index (χ4n) is 2.21. The molecule has 0 aromatic heterocycles. The van der Waals surface area contributed by atoms with Crippen LogP contribution in [0.1, 0.15) is 55.4 Å². The van der Waals surface area contributed by atoms with Crippen LogP contribution in [0.3, 0.4) is 0 Å². The maximum atomic E-state index is 10.5. The summed E-state index contributed by atoms with van der Waals surface area (Å²) in [6.45, 7) is 15.9. The van der Waals surface area contributed by atoms with Crippen LogP contribution in [0.5, 0.6) is 0 Å². The van der Waals surface area contributed by atoms with E-state index in [2.05, 4.69) is 15.9 Å². The van der Waals surface area contributed by atoms with Gasteiger partial charge in [-0.05, 0) is 47.4 Å². The first-order valence-corrected chi connectivity index (χ1v) is 15.8. The Labute approximate surface area is 202 Å². The van der Waals surface area contributed by atoms with Crippen molar-refractivity contribution in [3.8, 4) is 0 Å². The van der Waals surface area contributed by atoms with E-state index < -0.39 is 35.5 Å². The van der Waals surface area contributed by atoms with Crippen LogP contribution in [0.25, 0.3) is 0 Å². The quantitative estimate of drug-likeness (QED) is 0.151. The Kier molecular flexibility index (Phi) is 19.4. The summed E-state index contributed by atoms with van der Waals surface area (Å²) < 4.78 is 82.4. The van der Waals surface area contributed by atoms with E-state index in [1.165, 1.54) is 0 Å². The van der Waals surface area contributed by atoms with Gasteiger partial charge in [0.1, 0.15) is 0 Å². The van der Waals surface area contributed by atoms with Gasteiger partial charge >= 0.3 is 0 Å². The molecule has 14 heteroatoms.